The molecule has 4 saturated carbocycles. The Morgan fingerprint density at radius 2 is 1.77 bits per heavy atom. The molecule has 0 spiro atoms. The summed E-state index contributed by atoms with van der Waals surface area (Å²) in [4.78, 5) is 0. The van der Waals surface area contributed by atoms with E-state index in [0.29, 0.717) is 9.53 Å². The van der Waals surface area contributed by atoms with Crippen molar-refractivity contribution < 1.29 is 4.52 Å². The molecule has 74 valence electrons. The number of halogens is 1. The van der Waals surface area contributed by atoms with Gasteiger partial charge in [0.2, 0.25) is 0 Å². The lowest BCUT2D eigenvalue weighted by atomic mass is 9.55. The van der Waals surface area contributed by atoms with Crippen molar-refractivity contribution in [1.29, 1.82) is 0 Å². The van der Waals surface area contributed by atoms with Gasteiger partial charge in [-0.15, -0.1) is 0 Å². The molecule has 4 fully saturated rings. The lowest BCUT2D eigenvalue weighted by molar-refractivity contribution is -0.0559. The van der Waals surface area contributed by atoms with Gasteiger partial charge < -0.3 is 4.52 Å². The second kappa shape index (κ2) is 3.05. The van der Waals surface area contributed by atoms with Crippen LogP contribution in [0.25, 0.3) is 0 Å². The van der Waals surface area contributed by atoms with Crippen molar-refractivity contribution in [2.75, 3.05) is 0 Å². The minimum atomic E-state index is 0.574. The topological polar surface area (TPSA) is 9.23 Å². The smallest absolute Gasteiger partial charge is 0.0668 e. The van der Waals surface area contributed by atoms with Gasteiger partial charge in [0.15, 0.2) is 0 Å². The zero-order chi connectivity index (χ0) is 9.05. The van der Waals surface area contributed by atoms with E-state index in [1.807, 2.05) is 0 Å². The predicted molar refractivity (Wildman–Crippen MR) is 64.9 cm³/mol. The van der Waals surface area contributed by atoms with Crippen molar-refractivity contribution >= 4 is 32.1 Å². The standard InChI is InChI=1S/C10H16IOP/c11-10-3-6-1-7(4-10)9(12-13)8(2-6)5-10/h6-9H,1-5,13H2. The van der Waals surface area contributed by atoms with E-state index in [4.69, 9.17) is 4.52 Å². The van der Waals surface area contributed by atoms with Crippen LogP contribution >= 0.6 is 32.1 Å². The van der Waals surface area contributed by atoms with Crippen LogP contribution < -0.4 is 0 Å². The summed E-state index contributed by atoms with van der Waals surface area (Å²) in [5.74, 6) is 2.78. The third-order valence-corrected chi connectivity index (χ3v) is 5.90. The van der Waals surface area contributed by atoms with Gasteiger partial charge in [0.05, 0.1) is 6.10 Å². The molecular formula is C10H16IOP. The third-order valence-electron chi connectivity index (χ3n) is 4.27. The highest BCUT2D eigenvalue weighted by molar-refractivity contribution is 14.1. The monoisotopic (exact) mass is 310 g/mol. The molecule has 0 aromatic rings. The van der Waals surface area contributed by atoms with E-state index in [1.165, 1.54) is 32.1 Å². The summed E-state index contributed by atoms with van der Waals surface area (Å²) in [5, 5.41) is 0. The molecule has 0 aromatic heterocycles. The Morgan fingerprint density at radius 1 is 1.15 bits per heavy atom. The summed E-state index contributed by atoms with van der Waals surface area (Å²) < 4.78 is 6.25. The van der Waals surface area contributed by atoms with Gasteiger partial charge in [-0.2, -0.15) is 0 Å². The Kier molecular flexibility index (Phi) is 2.20. The van der Waals surface area contributed by atoms with E-state index in [2.05, 4.69) is 32.1 Å². The van der Waals surface area contributed by atoms with Gasteiger partial charge in [0, 0.05) is 12.9 Å². The Hall–Kier alpha value is 1.12. The van der Waals surface area contributed by atoms with Crippen LogP contribution in [0.1, 0.15) is 32.1 Å². The van der Waals surface area contributed by atoms with Crippen LogP contribution in [0.15, 0.2) is 0 Å². The largest absolute Gasteiger partial charge is 0.362 e. The second-order valence-electron chi connectivity index (χ2n) is 5.22. The maximum Gasteiger partial charge on any atom is 0.0668 e. The van der Waals surface area contributed by atoms with Gasteiger partial charge in [-0.05, 0) is 49.9 Å². The first-order valence-corrected chi connectivity index (χ1v) is 6.80. The lowest BCUT2D eigenvalue weighted by Crippen LogP contribution is -2.54. The molecule has 13 heavy (non-hydrogen) atoms. The van der Waals surface area contributed by atoms with E-state index in [-0.39, 0.29) is 0 Å². The van der Waals surface area contributed by atoms with Crippen molar-refractivity contribution in [2.45, 2.75) is 41.6 Å². The summed E-state index contributed by atoms with van der Waals surface area (Å²) in [6.45, 7) is 0. The highest BCUT2D eigenvalue weighted by atomic mass is 127. The minimum Gasteiger partial charge on any atom is -0.362 e. The Labute approximate surface area is 95.8 Å². The maximum absolute atomic E-state index is 5.59. The van der Waals surface area contributed by atoms with Gasteiger partial charge in [-0.1, -0.05) is 22.6 Å². The fourth-order valence-electron chi connectivity index (χ4n) is 4.10. The number of rotatable bonds is 1. The van der Waals surface area contributed by atoms with Crippen LogP contribution in [0.2, 0.25) is 0 Å². The van der Waals surface area contributed by atoms with Gasteiger partial charge in [0.25, 0.3) is 0 Å². The first-order valence-electron chi connectivity index (χ1n) is 5.25. The predicted octanol–water partition coefficient (Wildman–Crippen LogP) is 3.18. The summed E-state index contributed by atoms with van der Waals surface area (Å²) in [6.07, 6.45) is 7.79. The van der Waals surface area contributed by atoms with Crippen LogP contribution in [-0.2, 0) is 4.52 Å². The summed E-state index contributed by atoms with van der Waals surface area (Å²) >= 11 is 2.73. The van der Waals surface area contributed by atoms with Crippen molar-refractivity contribution in [3.8, 4) is 0 Å². The number of hydrogen-bond acceptors (Lipinski definition) is 1. The van der Waals surface area contributed by atoms with Crippen molar-refractivity contribution in [3.05, 3.63) is 0 Å². The van der Waals surface area contributed by atoms with Gasteiger partial charge in [-0.3, -0.25) is 0 Å². The average molecular weight is 310 g/mol. The molecule has 0 amide bonds. The molecule has 3 atom stereocenters. The Balaban J connectivity index is 1.90. The first-order chi connectivity index (χ1) is 6.20. The molecule has 4 aliphatic carbocycles. The van der Waals surface area contributed by atoms with E-state index in [9.17, 15) is 0 Å². The minimum absolute atomic E-state index is 0.574. The summed E-state index contributed by atoms with van der Waals surface area (Å²) in [6, 6.07) is 0. The quantitative estimate of drug-likeness (QED) is 0.411. The summed E-state index contributed by atoms with van der Waals surface area (Å²) in [7, 11) is 2.49. The van der Waals surface area contributed by atoms with Crippen LogP contribution in [0.3, 0.4) is 0 Å². The summed E-state index contributed by atoms with van der Waals surface area (Å²) in [5.41, 5.74) is 0. The third kappa shape index (κ3) is 1.39. The van der Waals surface area contributed by atoms with Crippen molar-refractivity contribution in [1.82, 2.24) is 0 Å². The fraction of sp³-hybridized carbons (Fsp3) is 1.00. The SMILES string of the molecule is POC1C2CC3CC1CC(I)(C3)C2. The van der Waals surface area contributed by atoms with E-state index >= 15 is 0 Å². The normalized spacial score (nSPS) is 58.6. The molecule has 3 unspecified atom stereocenters. The molecule has 0 aromatic carbocycles. The highest BCUT2D eigenvalue weighted by Crippen LogP contribution is 2.60. The number of hydrogen-bond donors (Lipinski definition) is 0. The van der Waals surface area contributed by atoms with Crippen LogP contribution in [-0.4, -0.2) is 9.53 Å². The Bertz CT molecular complexity index is 217. The molecular weight excluding hydrogens is 294 g/mol. The zero-order valence-corrected chi connectivity index (χ0v) is 11.0. The molecule has 1 nitrogen and oxygen atoms in total. The van der Waals surface area contributed by atoms with Gasteiger partial charge in [-0.25, -0.2) is 0 Å². The maximum atomic E-state index is 5.59. The van der Waals surface area contributed by atoms with E-state index in [1.54, 1.807) is 0 Å². The molecule has 0 radical (unpaired) electrons. The van der Waals surface area contributed by atoms with Crippen LogP contribution in [0.5, 0.6) is 0 Å². The van der Waals surface area contributed by atoms with E-state index in [0.717, 1.165) is 17.8 Å². The molecule has 0 N–H and O–H groups in total. The molecule has 0 heterocycles. The first kappa shape index (κ1) is 9.35. The second-order valence-corrected chi connectivity index (χ2v) is 7.78. The average Bonchev–Trinajstić information content (AvgIpc) is 2.00. The molecule has 4 bridgehead atoms. The van der Waals surface area contributed by atoms with Crippen LogP contribution in [0.4, 0.5) is 0 Å². The molecule has 0 saturated heterocycles. The van der Waals surface area contributed by atoms with Crippen molar-refractivity contribution in [2.24, 2.45) is 17.8 Å². The molecule has 3 heteroatoms. The van der Waals surface area contributed by atoms with Gasteiger partial charge >= 0.3 is 0 Å². The number of alkyl halides is 1. The molecule has 4 aliphatic rings. The molecule has 0 aliphatic heterocycles. The lowest BCUT2D eigenvalue weighted by Gasteiger charge is -2.57. The Morgan fingerprint density at radius 3 is 2.23 bits per heavy atom. The van der Waals surface area contributed by atoms with Crippen molar-refractivity contribution in [3.63, 3.8) is 0 Å². The van der Waals surface area contributed by atoms with E-state index < -0.39 is 0 Å². The van der Waals surface area contributed by atoms with Crippen LogP contribution in [0, 0.1) is 17.8 Å². The highest BCUT2D eigenvalue weighted by Gasteiger charge is 2.54. The van der Waals surface area contributed by atoms with Gasteiger partial charge in [0.1, 0.15) is 0 Å². The zero-order valence-electron chi connectivity index (χ0n) is 7.71. The molecule has 4 rings (SSSR count). The fourth-order valence-corrected chi connectivity index (χ4v) is 6.30.